The van der Waals surface area contributed by atoms with Gasteiger partial charge in [-0.3, -0.25) is 9.20 Å². The van der Waals surface area contributed by atoms with E-state index in [-0.39, 0.29) is 12.1 Å². The number of carbonyl (C=O) groups excluding carboxylic acids is 2. The second kappa shape index (κ2) is 7.04. The number of aromatic nitrogens is 3. The summed E-state index contributed by atoms with van der Waals surface area (Å²) in [6, 6.07) is 8.73. The topological polar surface area (TPSA) is 97.0 Å². The van der Waals surface area contributed by atoms with Gasteiger partial charge >= 0.3 is 5.97 Å². The number of amides is 1. The van der Waals surface area contributed by atoms with Gasteiger partial charge in [0.05, 0.1) is 7.11 Å². The predicted molar refractivity (Wildman–Crippen MR) is 104 cm³/mol. The first-order valence-corrected chi connectivity index (χ1v) is 8.95. The third-order valence-corrected chi connectivity index (χ3v) is 4.83. The summed E-state index contributed by atoms with van der Waals surface area (Å²) in [4.78, 5) is 34.2. The Balaban J connectivity index is 1.76. The molecule has 0 bridgehead atoms. The number of likely N-dealkylation sites (tertiary alicyclic amines) is 1. The van der Waals surface area contributed by atoms with E-state index in [9.17, 15) is 14.7 Å². The highest BCUT2D eigenvalue weighted by Gasteiger charge is 2.42. The minimum atomic E-state index is -1.66. The molecule has 0 unspecified atom stereocenters. The Hall–Kier alpha value is -3.70. The van der Waals surface area contributed by atoms with Crippen LogP contribution in [0.3, 0.4) is 0 Å². The van der Waals surface area contributed by atoms with Crippen LogP contribution in [0.4, 0.5) is 0 Å². The molecule has 1 amide bonds. The Morgan fingerprint density at radius 3 is 2.90 bits per heavy atom. The van der Waals surface area contributed by atoms with Gasteiger partial charge in [0, 0.05) is 49.6 Å². The van der Waals surface area contributed by atoms with Crippen LogP contribution in [0.5, 0.6) is 0 Å². The highest BCUT2D eigenvalue weighted by molar-refractivity contribution is 5.90. The Bertz CT molecular complexity index is 1190. The van der Waals surface area contributed by atoms with Gasteiger partial charge < -0.3 is 14.7 Å². The zero-order valence-corrected chi connectivity index (χ0v) is 15.9. The highest BCUT2D eigenvalue weighted by Crippen LogP contribution is 2.23. The maximum Gasteiger partial charge on any atom is 0.356 e. The molecule has 2 aromatic heterocycles. The number of imidazole rings is 1. The predicted octanol–water partition coefficient (Wildman–Crippen LogP) is 1.13. The van der Waals surface area contributed by atoms with Crippen molar-refractivity contribution in [3.63, 3.8) is 0 Å². The molecule has 1 aromatic carbocycles. The first kappa shape index (κ1) is 18.7. The standard InChI is InChI=1S/C21H18N4O4/c1-24-10-8-21(28,20(24)27)7-6-14-4-3-5-15(12-14)18-23-16(19(26)29-2)13-17-22-9-11-25(17)18/h3-5,9,11-13,28H,8,10H2,1-2H3/t21-/m1/s1. The number of aliphatic hydroxyl groups is 1. The van der Waals surface area contributed by atoms with Crippen molar-refractivity contribution in [1.29, 1.82) is 0 Å². The van der Waals surface area contributed by atoms with Crippen molar-refractivity contribution in [2.75, 3.05) is 20.7 Å². The van der Waals surface area contributed by atoms with Crippen molar-refractivity contribution < 1.29 is 19.4 Å². The zero-order chi connectivity index (χ0) is 20.6. The summed E-state index contributed by atoms with van der Waals surface area (Å²) in [5.41, 5.74) is 0.349. The van der Waals surface area contributed by atoms with Crippen LogP contribution < -0.4 is 0 Å². The molecule has 0 saturated carbocycles. The number of rotatable bonds is 2. The number of hydrogen-bond donors (Lipinski definition) is 1. The maximum absolute atomic E-state index is 12.1. The molecular formula is C21H18N4O4. The maximum atomic E-state index is 12.1. The molecule has 0 spiro atoms. The van der Waals surface area contributed by atoms with Crippen molar-refractivity contribution in [3.8, 4) is 23.2 Å². The first-order valence-electron chi connectivity index (χ1n) is 8.95. The fraction of sp³-hybridized carbons (Fsp3) is 0.238. The zero-order valence-electron chi connectivity index (χ0n) is 15.9. The molecule has 4 rings (SSSR count). The van der Waals surface area contributed by atoms with Crippen molar-refractivity contribution in [2.45, 2.75) is 12.0 Å². The molecule has 3 heterocycles. The van der Waals surface area contributed by atoms with Gasteiger partial charge in [0.15, 0.2) is 5.69 Å². The lowest BCUT2D eigenvalue weighted by Crippen LogP contribution is -2.37. The summed E-state index contributed by atoms with van der Waals surface area (Å²) in [5.74, 6) is 5.14. The van der Waals surface area contributed by atoms with Crippen molar-refractivity contribution in [1.82, 2.24) is 19.3 Å². The fourth-order valence-corrected chi connectivity index (χ4v) is 3.22. The molecule has 3 aromatic rings. The molecule has 1 aliphatic rings. The molecule has 1 aliphatic heterocycles. The average Bonchev–Trinajstić information content (AvgIpc) is 3.32. The van der Waals surface area contributed by atoms with Gasteiger partial charge in [0.25, 0.3) is 5.91 Å². The molecule has 8 nitrogen and oxygen atoms in total. The van der Waals surface area contributed by atoms with E-state index in [1.54, 1.807) is 48.1 Å². The number of esters is 1. The number of nitrogens with zero attached hydrogens (tertiary/aromatic N) is 4. The monoisotopic (exact) mass is 390 g/mol. The number of hydrogen-bond acceptors (Lipinski definition) is 6. The van der Waals surface area contributed by atoms with Gasteiger partial charge in [0.2, 0.25) is 5.60 Å². The lowest BCUT2D eigenvalue weighted by atomic mass is 10.0. The summed E-state index contributed by atoms with van der Waals surface area (Å²) < 4.78 is 6.53. The summed E-state index contributed by atoms with van der Waals surface area (Å²) in [5, 5.41) is 10.5. The van der Waals surface area contributed by atoms with Gasteiger partial charge in [-0.2, -0.15) is 0 Å². The lowest BCUT2D eigenvalue weighted by molar-refractivity contribution is -0.137. The van der Waals surface area contributed by atoms with Crippen molar-refractivity contribution in [3.05, 3.63) is 54.0 Å². The van der Waals surface area contributed by atoms with Gasteiger partial charge in [-0.1, -0.05) is 24.0 Å². The molecule has 1 saturated heterocycles. The van der Waals surface area contributed by atoms with Crippen LogP contribution in [-0.4, -0.2) is 62.6 Å². The van der Waals surface area contributed by atoms with E-state index in [0.29, 0.717) is 29.1 Å². The number of carbonyl (C=O) groups is 2. The Morgan fingerprint density at radius 2 is 2.17 bits per heavy atom. The first-order chi connectivity index (χ1) is 13.9. The van der Waals surface area contributed by atoms with Crippen LogP contribution in [0.1, 0.15) is 22.5 Å². The molecule has 1 atom stereocenters. The van der Waals surface area contributed by atoms with Crippen LogP contribution in [0.25, 0.3) is 17.0 Å². The second-order valence-electron chi connectivity index (χ2n) is 6.78. The third kappa shape index (κ3) is 3.32. The minimum Gasteiger partial charge on any atom is -0.464 e. The lowest BCUT2D eigenvalue weighted by Gasteiger charge is -2.13. The smallest absolute Gasteiger partial charge is 0.356 e. The van der Waals surface area contributed by atoms with Crippen LogP contribution in [0, 0.1) is 11.8 Å². The molecule has 0 radical (unpaired) electrons. The van der Waals surface area contributed by atoms with Gasteiger partial charge in [-0.25, -0.2) is 14.8 Å². The largest absolute Gasteiger partial charge is 0.464 e. The molecule has 1 fully saturated rings. The Morgan fingerprint density at radius 1 is 1.34 bits per heavy atom. The summed E-state index contributed by atoms with van der Waals surface area (Å²) in [6.45, 7) is 0.465. The number of likely N-dealkylation sites (N-methyl/N-ethyl adjacent to an activating group) is 1. The van der Waals surface area contributed by atoms with Gasteiger partial charge in [-0.15, -0.1) is 0 Å². The number of methoxy groups -OCH3 is 1. The third-order valence-electron chi connectivity index (χ3n) is 4.83. The average molecular weight is 390 g/mol. The van der Waals surface area contributed by atoms with Crippen LogP contribution in [0.2, 0.25) is 0 Å². The van der Waals surface area contributed by atoms with Crippen molar-refractivity contribution in [2.24, 2.45) is 0 Å². The summed E-state index contributed by atoms with van der Waals surface area (Å²) in [7, 11) is 2.93. The molecule has 29 heavy (non-hydrogen) atoms. The van der Waals surface area contributed by atoms with E-state index < -0.39 is 17.5 Å². The van der Waals surface area contributed by atoms with Gasteiger partial charge in [0.1, 0.15) is 11.5 Å². The normalized spacial score (nSPS) is 18.6. The van der Waals surface area contributed by atoms with E-state index in [0.717, 1.165) is 0 Å². The molecule has 0 aliphatic carbocycles. The number of ether oxygens (including phenoxy) is 1. The second-order valence-corrected chi connectivity index (χ2v) is 6.78. The van der Waals surface area contributed by atoms with E-state index in [4.69, 9.17) is 4.74 Å². The van der Waals surface area contributed by atoms with Crippen LogP contribution in [0.15, 0.2) is 42.7 Å². The van der Waals surface area contributed by atoms with Crippen LogP contribution >= 0.6 is 0 Å². The minimum absolute atomic E-state index is 0.145. The molecule has 146 valence electrons. The van der Waals surface area contributed by atoms with E-state index in [1.165, 1.54) is 12.0 Å². The van der Waals surface area contributed by atoms with E-state index in [2.05, 4.69) is 21.8 Å². The van der Waals surface area contributed by atoms with E-state index in [1.807, 2.05) is 6.07 Å². The number of fused-ring (bicyclic) bond motifs is 1. The van der Waals surface area contributed by atoms with Crippen molar-refractivity contribution >= 4 is 17.5 Å². The fourth-order valence-electron chi connectivity index (χ4n) is 3.22. The number of benzene rings is 1. The Labute approximate surface area is 166 Å². The molecular weight excluding hydrogens is 372 g/mol. The molecule has 8 heteroatoms. The molecule has 1 N–H and O–H groups in total. The SMILES string of the molecule is COC(=O)c1cc2nccn2c(-c2cccc(C#C[C@@]3(O)CCN(C)C3=O)c2)n1. The highest BCUT2D eigenvalue weighted by atomic mass is 16.5. The Kier molecular flexibility index (Phi) is 4.53. The quantitative estimate of drug-likeness (QED) is 0.520. The van der Waals surface area contributed by atoms with Gasteiger partial charge in [-0.05, 0) is 12.1 Å². The summed E-state index contributed by atoms with van der Waals surface area (Å²) >= 11 is 0. The summed E-state index contributed by atoms with van der Waals surface area (Å²) in [6.07, 6.45) is 3.63. The van der Waals surface area contributed by atoms with E-state index >= 15 is 0 Å². The van der Waals surface area contributed by atoms with Crippen LogP contribution in [-0.2, 0) is 9.53 Å².